The van der Waals surface area contributed by atoms with E-state index in [1.54, 1.807) is 0 Å². The Morgan fingerprint density at radius 2 is 1.28 bits per heavy atom. The van der Waals surface area contributed by atoms with Crippen molar-refractivity contribution >= 4 is 0 Å². The third kappa shape index (κ3) is 10.7. The molecule has 0 amide bonds. The summed E-state index contributed by atoms with van der Waals surface area (Å²) in [4.78, 5) is 0. The van der Waals surface area contributed by atoms with Crippen LogP contribution in [0.4, 0.5) is 0 Å². The van der Waals surface area contributed by atoms with Crippen LogP contribution in [-0.2, 0) is 0 Å². The third-order valence-electron chi connectivity index (χ3n) is 3.75. The fraction of sp³-hybridized carbons (Fsp3) is 0.889. The lowest BCUT2D eigenvalue weighted by Gasteiger charge is -2.14. The molecule has 0 aromatic heterocycles. The molecule has 0 aromatic carbocycles. The van der Waals surface area contributed by atoms with Crippen molar-refractivity contribution in [2.75, 3.05) is 0 Å². The highest BCUT2D eigenvalue weighted by Gasteiger charge is 2.09. The van der Waals surface area contributed by atoms with Crippen LogP contribution < -0.4 is 0 Å². The van der Waals surface area contributed by atoms with Crippen LogP contribution in [0, 0.1) is 23.7 Å². The van der Waals surface area contributed by atoms with E-state index in [9.17, 15) is 0 Å². The first-order valence-corrected chi connectivity index (χ1v) is 8.14. The Morgan fingerprint density at radius 1 is 0.778 bits per heavy atom. The maximum Gasteiger partial charge on any atom is 0.0225 e. The Kier molecular flexibility index (Phi) is 12.7. The highest BCUT2D eigenvalue weighted by atomic mass is 14.1. The normalized spacial score (nSPS) is 12.3. The summed E-state index contributed by atoms with van der Waals surface area (Å²) in [5.41, 5.74) is 0. The Balaban J connectivity index is 3.35. The van der Waals surface area contributed by atoms with Crippen LogP contribution in [-0.4, -0.2) is 0 Å². The van der Waals surface area contributed by atoms with Gasteiger partial charge in [0, 0.05) is 5.92 Å². The number of hydrogen-bond acceptors (Lipinski definition) is 0. The quantitative estimate of drug-likeness (QED) is 0.302. The predicted octanol–water partition coefficient (Wildman–Crippen LogP) is 6.20. The lowest BCUT2D eigenvalue weighted by molar-refractivity contribution is 0.425. The van der Waals surface area contributed by atoms with Crippen molar-refractivity contribution in [1.82, 2.24) is 0 Å². The molecular weight excluding hydrogens is 216 g/mol. The fourth-order valence-electron chi connectivity index (χ4n) is 2.43. The molecule has 0 heteroatoms. The zero-order valence-corrected chi connectivity index (χ0v) is 13.2. The molecule has 0 rings (SSSR count). The van der Waals surface area contributed by atoms with E-state index in [1.807, 2.05) is 6.92 Å². The van der Waals surface area contributed by atoms with Crippen molar-refractivity contribution in [3.8, 4) is 11.8 Å². The molecule has 0 aromatic rings. The van der Waals surface area contributed by atoms with Gasteiger partial charge in [-0.2, -0.15) is 0 Å². The zero-order valence-electron chi connectivity index (χ0n) is 13.2. The van der Waals surface area contributed by atoms with Crippen LogP contribution in [0.1, 0.15) is 91.9 Å². The maximum atomic E-state index is 3.36. The first-order valence-electron chi connectivity index (χ1n) is 8.14. The second kappa shape index (κ2) is 13.0. The van der Waals surface area contributed by atoms with E-state index in [2.05, 4.69) is 32.6 Å². The van der Waals surface area contributed by atoms with E-state index in [0.717, 1.165) is 0 Å². The molecule has 1 unspecified atom stereocenters. The summed E-state index contributed by atoms with van der Waals surface area (Å²) < 4.78 is 0. The van der Waals surface area contributed by atoms with E-state index >= 15 is 0 Å². The second-order valence-electron chi connectivity index (χ2n) is 5.86. The van der Waals surface area contributed by atoms with Gasteiger partial charge in [-0.1, -0.05) is 84.5 Å². The van der Waals surface area contributed by atoms with E-state index in [0.29, 0.717) is 11.8 Å². The molecule has 0 spiro atoms. The summed E-state index contributed by atoms with van der Waals surface area (Å²) in [6.45, 7) is 8.83. The molecule has 0 saturated heterocycles. The molecule has 0 nitrogen and oxygen atoms in total. The molecule has 0 radical (unpaired) electrons. The molecule has 0 fully saturated rings. The Labute approximate surface area is 116 Å². The van der Waals surface area contributed by atoms with Crippen molar-refractivity contribution in [2.24, 2.45) is 11.8 Å². The van der Waals surface area contributed by atoms with Crippen molar-refractivity contribution in [2.45, 2.75) is 91.9 Å². The largest absolute Gasteiger partial charge is 0.106 e. The minimum Gasteiger partial charge on any atom is -0.106 e. The first-order chi connectivity index (χ1) is 8.72. The minimum absolute atomic E-state index is 0.625. The van der Waals surface area contributed by atoms with Crippen LogP contribution in [0.3, 0.4) is 0 Å². The average Bonchev–Trinajstić information content (AvgIpc) is 2.35. The first kappa shape index (κ1) is 17.6. The van der Waals surface area contributed by atoms with Gasteiger partial charge in [-0.25, -0.2) is 0 Å². The summed E-state index contributed by atoms with van der Waals surface area (Å²) in [5, 5.41) is 0. The smallest absolute Gasteiger partial charge is 0.0225 e. The van der Waals surface area contributed by atoms with Gasteiger partial charge in [0.1, 0.15) is 0 Å². The molecule has 0 N–H and O–H groups in total. The molecule has 0 aliphatic rings. The molecule has 0 bridgehead atoms. The minimum atomic E-state index is 0.625. The molecule has 106 valence electrons. The molecule has 1 atom stereocenters. The van der Waals surface area contributed by atoms with Crippen LogP contribution in [0.25, 0.3) is 0 Å². The lowest BCUT2D eigenvalue weighted by atomic mass is 9.90. The van der Waals surface area contributed by atoms with Crippen LogP contribution in [0.2, 0.25) is 0 Å². The van der Waals surface area contributed by atoms with Gasteiger partial charge in [-0.05, 0) is 19.3 Å². The second-order valence-corrected chi connectivity index (χ2v) is 5.86. The molecule has 0 heterocycles. The number of rotatable bonds is 11. The van der Waals surface area contributed by atoms with E-state index in [1.165, 1.54) is 64.2 Å². The van der Waals surface area contributed by atoms with Gasteiger partial charge in [-0.15, -0.1) is 5.92 Å². The van der Waals surface area contributed by atoms with Crippen LogP contribution >= 0.6 is 0 Å². The lowest BCUT2D eigenvalue weighted by Crippen LogP contribution is -2.05. The van der Waals surface area contributed by atoms with Gasteiger partial charge in [-0.3, -0.25) is 0 Å². The Hall–Kier alpha value is -0.440. The summed E-state index contributed by atoms with van der Waals surface area (Å²) in [5.74, 6) is 7.78. The zero-order chi connectivity index (χ0) is 13.6. The third-order valence-corrected chi connectivity index (χ3v) is 3.75. The predicted molar refractivity (Wildman–Crippen MR) is 83.6 cm³/mol. The average molecular weight is 250 g/mol. The number of unbranched alkanes of at least 4 members (excludes halogenated alkanes) is 8. The topological polar surface area (TPSA) is 0 Å². The van der Waals surface area contributed by atoms with Crippen LogP contribution in [0.5, 0.6) is 0 Å². The van der Waals surface area contributed by atoms with Gasteiger partial charge >= 0.3 is 0 Å². The monoisotopic (exact) mass is 250 g/mol. The van der Waals surface area contributed by atoms with Crippen LogP contribution in [0.15, 0.2) is 0 Å². The van der Waals surface area contributed by atoms with E-state index in [4.69, 9.17) is 0 Å². The van der Waals surface area contributed by atoms with Crippen molar-refractivity contribution in [3.05, 3.63) is 0 Å². The highest BCUT2D eigenvalue weighted by Crippen LogP contribution is 2.19. The fourth-order valence-corrected chi connectivity index (χ4v) is 2.43. The van der Waals surface area contributed by atoms with Gasteiger partial charge in [0.15, 0.2) is 0 Å². The SMILES string of the molecule is CC#CC(CCCCCCCCCCC)C(C)C. The molecule has 0 aliphatic carbocycles. The van der Waals surface area contributed by atoms with Gasteiger partial charge in [0.2, 0.25) is 0 Å². The molecule has 0 aliphatic heterocycles. The van der Waals surface area contributed by atoms with Crippen molar-refractivity contribution in [1.29, 1.82) is 0 Å². The molecule has 0 saturated carbocycles. The molecular formula is C18H34. The summed E-state index contributed by atoms with van der Waals surface area (Å²) >= 11 is 0. The summed E-state index contributed by atoms with van der Waals surface area (Å²) in [6.07, 6.45) is 14.1. The van der Waals surface area contributed by atoms with Gasteiger partial charge < -0.3 is 0 Å². The molecule has 18 heavy (non-hydrogen) atoms. The summed E-state index contributed by atoms with van der Waals surface area (Å²) in [7, 11) is 0. The van der Waals surface area contributed by atoms with Crippen molar-refractivity contribution in [3.63, 3.8) is 0 Å². The highest BCUT2D eigenvalue weighted by molar-refractivity contribution is 5.01. The summed E-state index contributed by atoms with van der Waals surface area (Å²) in [6, 6.07) is 0. The van der Waals surface area contributed by atoms with Gasteiger partial charge in [0.25, 0.3) is 0 Å². The van der Waals surface area contributed by atoms with E-state index in [-0.39, 0.29) is 0 Å². The Bertz CT molecular complexity index is 216. The Morgan fingerprint density at radius 3 is 1.72 bits per heavy atom. The maximum absolute atomic E-state index is 3.36. The number of hydrogen-bond donors (Lipinski definition) is 0. The standard InChI is InChI=1S/C18H34/c1-5-7-8-9-10-11-12-13-14-16-18(15-6-2)17(3)4/h17-18H,5,7-14,16H2,1-4H3. The van der Waals surface area contributed by atoms with E-state index < -0.39 is 0 Å². The van der Waals surface area contributed by atoms with Crippen molar-refractivity contribution < 1.29 is 0 Å². The van der Waals surface area contributed by atoms with Gasteiger partial charge in [0.05, 0.1) is 0 Å².